The minimum atomic E-state index is -3.35. The molecule has 2 atom stereocenters. The molecule has 1 fully saturated rings. The largest absolute Gasteiger partial charge is 0.388 e. The molecule has 0 bridgehead atoms. The van der Waals surface area contributed by atoms with Gasteiger partial charge in [-0.15, -0.1) is 11.3 Å². The van der Waals surface area contributed by atoms with Crippen molar-refractivity contribution in [2.45, 2.75) is 18.4 Å². The molecule has 7 nitrogen and oxygen atoms in total. The Morgan fingerprint density at radius 2 is 2.24 bits per heavy atom. The van der Waals surface area contributed by atoms with Gasteiger partial charge in [0.2, 0.25) is 0 Å². The first-order valence-corrected chi connectivity index (χ1v) is 10.1. The third-order valence-electron chi connectivity index (χ3n) is 3.16. The van der Waals surface area contributed by atoms with E-state index in [1.54, 1.807) is 4.90 Å². The van der Waals surface area contributed by atoms with Crippen molar-refractivity contribution in [3.63, 3.8) is 0 Å². The van der Waals surface area contributed by atoms with Crippen LogP contribution < -0.4 is 4.90 Å². The molecule has 21 heavy (non-hydrogen) atoms. The van der Waals surface area contributed by atoms with Gasteiger partial charge in [0.15, 0.2) is 14.8 Å². The topological polar surface area (TPSA) is 101 Å². The van der Waals surface area contributed by atoms with Gasteiger partial charge in [0.1, 0.15) is 5.37 Å². The first kappa shape index (κ1) is 16.5. The predicted octanol–water partition coefficient (Wildman–Crippen LogP) is 1.63. The number of aliphatic hydroxyl groups is 1. The third-order valence-corrected chi connectivity index (χ3v) is 7.14. The molecule has 1 saturated heterocycles. The molecule has 10 heteroatoms. The number of thioether (sulfide) groups is 1. The molecule has 2 unspecified atom stereocenters. The normalized spacial score (nSPS) is 21.3. The molecule has 0 amide bonds. The highest BCUT2D eigenvalue weighted by molar-refractivity contribution is 8.01. The van der Waals surface area contributed by atoms with Gasteiger partial charge < -0.3 is 10.0 Å². The molecule has 0 spiro atoms. The minimum absolute atomic E-state index is 0.142. The maximum atomic E-state index is 11.9. The van der Waals surface area contributed by atoms with E-state index in [2.05, 4.69) is 0 Å². The number of rotatable bonds is 4. The number of thiophene rings is 1. The van der Waals surface area contributed by atoms with Crippen LogP contribution in [0.25, 0.3) is 0 Å². The number of nitro groups is 1. The van der Waals surface area contributed by atoms with Crippen LogP contribution in [0.15, 0.2) is 6.07 Å². The number of sulfone groups is 1. The van der Waals surface area contributed by atoms with E-state index < -0.39 is 26.2 Å². The van der Waals surface area contributed by atoms with E-state index in [1.165, 1.54) is 24.8 Å². The zero-order valence-electron chi connectivity index (χ0n) is 11.6. The molecule has 2 heterocycles. The highest BCUT2D eigenvalue weighted by atomic mass is 32.2. The van der Waals surface area contributed by atoms with Crippen LogP contribution in [0, 0.1) is 10.1 Å². The molecule has 1 aromatic heterocycles. The molecule has 2 rings (SSSR count). The lowest BCUT2D eigenvalue weighted by molar-refractivity contribution is -0.383. The van der Waals surface area contributed by atoms with E-state index in [0.717, 1.165) is 17.6 Å². The van der Waals surface area contributed by atoms with Gasteiger partial charge in [-0.25, -0.2) is 8.42 Å². The van der Waals surface area contributed by atoms with Crippen molar-refractivity contribution in [1.29, 1.82) is 0 Å². The summed E-state index contributed by atoms with van der Waals surface area (Å²) >= 11 is 2.60. The molecule has 0 radical (unpaired) electrons. The molecule has 0 aromatic carbocycles. The molecule has 1 N–H and O–H groups in total. The second-order valence-corrected chi connectivity index (χ2v) is 9.24. The van der Waals surface area contributed by atoms with Gasteiger partial charge in [0.05, 0.1) is 11.0 Å². The Morgan fingerprint density at radius 1 is 1.57 bits per heavy atom. The molecule has 1 aliphatic rings. The van der Waals surface area contributed by atoms with E-state index in [4.69, 9.17) is 0 Å². The Bertz CT molecular complexity index is 640. The summed E-state index contributed by atoms with van der Waals surface area (Å²) in [7, 11) is -3.35. The molecule has 1 aliphatic heterocycles. The van der Waals surface area contributed by atoms with E-state index in [1.807, 2.05) is 0 Å². The summed E-state index contributed by atoms with van der Waals surface area (Å²) in [6, 6.07) is 1.33. The van der Waals surface area contributed by atoms with E-state index in [-0.39, 0.29) is 5.69 Å². The summed E-state index contributed by atoms with van der Waals surface area (Å²) in [6.07, 6.45) is 0.323. The highest BCUT2D eigenvalue weighted by Gasteiger charge is 2.36. The lowest BCUT2D eigenvalue weighted by Crippen LogP contribution is -2.46. The number of hydrogen-bond acceptors (Lipinski definition) is 8. The fourth-order valence-corrected chi connectivity index (χ4v) is 6.13. The Balaban J connectivity index is 2.49. The first-order chi connectivity index (χ1) is 9.71. The molecule has 1 aromatic rings. The molecule has 118 valence electrons. The van der Waals surface area contributed by atoms with Crippen molar-refractivity contribution in [2.75, 3.05) is 29.2 Å². The van der Waals surface area contributed by atoms with Crippen molar-refractivity contribution in [2.24, 2.45) is 0 Å². The average Bonchev–Trinajstić information content (AvgIpc) is 2.83. The molecule has 0 aliphatic carbocycles. The summed E-state index contributed by atoms with van der Waals surface area (Å²) in [5.74, 6) is 1.10. The zero-order valence-corrected chi connectivity index (χ0v) is 14.0. The summed E-state index contributed by atoms with van der Waals surface area (Å²) in [4.78, 5) is 12.7. The van der Waals surface area contributed by atoms with Gasteiger partial charge in [0.25, 0.3) is 0 Å². The van der Waals surface area contributed by atoms with Crippen molar-refractivity contribution in [1.82, 2.24) is 0 Å². The standard InChI is InChI=1S/C11H16N2O5S3/c1-7(14)9-5-8(13(15)16)11(20-9)12-3-4-19-6-10(12)21(2,17)18/h5,7,10,14H,3-4,6H2,1-2H3. The molecular weight excluding hydrogens is 336 g/mol. The summed E-state index contributed by atoms with van der Waals surface area (Å²) in [5, 5.41) is 20.4. The average molecular weight is 352 g/mol. The van der Waals surface area contributed by atoms with Gasteiger partial charge in [-0.1, -0.05) is 0 Å². The molecular formula is C11H16N2O5S3. The minimum Gasteiger partial charge on any atom is -0.388 e. The predicted molar refractivity (Wildman–Crippen MR) is 84.9 cm³/mol. The highest BCUT2D eigenvalue weighted by Crippen LogP contribution is 2.42. The Labute approximate surface area is 131 Å². The van der Waals surface area contributed by atoms with Crippen LogP contribution in [0.4, 0.5) is 10.7 Å². The van der Waals surface area contributed by atoms with Crippen LogP contribution in [-0.4, -0.2) is 48.1 Å². The van der Waals surface area contributed by atoms with E-state index in [9.17, 15) is 23.6 Å². The lowest BCUT2D eigenvalue weighted by atomic mass is 10.3. The number of hydrogen-bond donors (Lipinski definition) is 1. The van der Waals surface area contributed by atoms with Crippen molar-refractivity contribution < 1.29 is 18.4 Å². The monoisotopic (exact) mass is 352 g/mol. The second kappa shape index (κ2) is 6.11. The van der Waals surface area contributed by atoms with Crippen molar-refractivity contribution >= 4 is 43.6 Å². The third kappa shape index (κ3) is 3.50. The van der Waals surface area contributed by atoms with Gasteiger partial charge in [-0.05, 0) is 6.92 Å². The fraction of sp³-hybridized carbons (Fsp3) is 0.636. The van der Waals surface area contributed by atoms with Crippen LogP contribution in [0.2, 0.25) is 0 Å². The fourth-order valence-electron chi connectivity index (χ4n) is 2.10. The Kier molecular flexibility index (Phi) is 4.81. The summed E-state index contributed by atoms with van der Waals surface area (Å²) in [5.41, 5.74) is -0.142. The number of nitrogens with zero attached hydrogens (tertiary/aromatic N) is 2. The van der Waals surface area contributed by atoms with Gasteiger partial charge in [-0.3, -0.25) is 10.1 Å². The number of aliphatic hydroxyl groups excluding tert-OH is 1. The van der Waals surface area contributed by atoms with Crippen LogP contribution in [0.5, 0.6) is 0 Å². The maximum Gasteiger partial charge on any atom is 0.304 e. The van der Waals surface area contributed by atoms with Crippen LogP contribution in [0.3, 0.4) is 0 Å². The van der Waals surface area contributed by atoms with E-state index in [0.29, 0.717) is 27.9 Å². The number of anilines is 1. The van der Waals surface area contributed by atoms with Gasteiger partial charge in [-0.2, -0.15) is 11.8 Å². The molecule has 0 saturated carbocycles. The van der Waals surface area contributed by atoms with Crippen molar-refractivity contribution in [3.8, 4) is 0 Å². The van der Waals surface area contributed by atoms with Gasteiger partial charge in [0, 0.05) is 35.2 Å². The zero-order chi connectivity index (χ0) is 15.8. The Hall–Kier alpha value is -0.840. The van der Waals surface area contributed by atoms with Crippen LogP contribution in [0.1, 0.15) is 17.9 Å². The Morgan fingerprint density at radius 3 is 2.76 bits per heavy atom. The van der Waals surface area contributed by atoms with Crippen molar-refractivity contribution in [3.05, 3.63) is 21.1 Å². The summed E-state index contributed by atoms with van der Waals surface area (Å²) < 4.78 is 23.8. The maximum absolute atomic E-state index is 11.9. The summed E-state index contributed by atoms with van der Waals surface area (Å²) in [6.45, 7) is 1.96. The SMILES string of the molecule is CC(O)c1cc([N+](=O)[O-])c(N2CCSCC2S(C)(=O)=O)s1. The van der Waals surface area contributed by atoms with Crippen LogP contribution >= 0.6 is 23.1 Å². The quantitative estimate of drug-likeness (QED) is 0.649. The smallest absolute Gasteiger partial charge is 0.304 e. The van der Waals surface area contributed by atoms with Gasteiger partial charge >= 0.3 is 5.69 Å². The van der Waals surface area contributed by atoms with E-state index >= 15 is 0 Å². The van der Waals surface area contributed by atoms with Crippen LogP contribution in [-0.2, 0) is 9.84 Å². The first-order valence-electron chi connectivity index (χ1n) is 6.21. The second-order valence-electron chi connectivity index (χ2n) is 4.82. The lowest BCUT2D eigenvalue weighted by Gasteiger charge is -2.34.